The summed E-state index contributed by atoms with van der Waals surface area (Å²) in [7, 11) is 0. The number of rotatable bonds is 4. The van der Waals surface area contributed by atoms with Crippen LogP contribution in [0.5, 0.6) is 0 Å². The highest BCUT2D eigenvalue weighted by molar-refractivity contribution is 5.85. The van der Waals surface area contributed by atoms with Gasteiger partial charge in [0.05, 0.1) is 6.54 Å². The summed E-state index contributed by atoms with van der Waals surface area (Å²) in [5.41, 5.74) is 0.913. The van der Waals surface area contributed by atoms with Gasteiger partial charge in [-0.25, -0.2) is 4.39 Å². The number of ether oxygens (including phenoxy) is 1. The second-order valence-corrected chi connectivity index (χ2v) is 6.20. The minimum Gasteiger partial charge on any atom is -0.381 e. The molecule has 2 N–H and O–H groups in total. The number of carbonyl (C=O) groups excluding carboxylic acids is 1. The largest absolute Gasteiger partial charge is 0.381 e. The number of halogens is 2. The van der Waals surface area contributed by atoms with Crippen molar-refractivity contribution in [3.05, 3.63) is 35.6 Å². The summed E-state index contributed by atoms with van der Waals surface area (Å²) in [4.78, 5) is 14.5. The molecule has 5 nitrogen and oxygen atoms in total. The average molecular weight is 358 g/mol. The Morgan fingerprint density at radius 1 is 1.38 bits per heavy atom. The quantitative estimate of drug-likeness (QED) is 0.857. The number of benzene rings is 1. The fraction of sp³-hybridized carbons (Fsp3) is 0.588. The topological polar surface area (TPSA) is 53.6 Å². The van der Waals surface area contributed by atoms with Gasteiger partial charge in [-0.1, -0.05) is 12.1 Å². The van der Waals surface area contributed by atoms with E-state index in [1.165, 1.54) is 6.07 Å². The van der Waals surface area contributed by atoms with Crippen LogP contribution in [0.15, 0.2) is 24.3 Å². The van der Waals surface area contributed by atoms with Crippen molar-refractivity contribution in [3.63, 3.8) is 0 Å². The van der Waals surface area contributed by atoms with Gasteiger partial charge in [0, 0.05) is 44.9 Å². The lowest BCUT2D eigenvalue weighted by Gasteiger charge is -2.36. The predicted octanol–water partition coefficient (Wildman–Crippen LogP) is 1.49. The molecule has 2 aliphatic rings. The SMILES string of the molecule is Cl.O=C(CN1CCNCC1c1cccc(F)c1)NC1CCOCC1. The highest BCUT2D eigenvalue weighted by atomic mass is 35.5. The average Bonchev–Trinajstić information content (AvgIpc) is 2.56. The van der Waals surface area contributed by atoms with Gasteiger partial charge in [-0.15, -0.1) is 12.4 Å². The Labute approximate surface area is 148 Å². The van der Waals surface area contributed by atoms with Crippen molar-refractivity contribution in [2.24, 2.45) is 0 Å². The van der Waals surface area contributed by atoms with Crippen LogP contribution in [0.25, 0.3) is 0 Å². The lowest BCUT2D eigenvalue weighted by molar-refractivity contribution is -0.124. The normalized spacial score (nSPS) is 22.6. The van der Waals surface area contributed by atoms with Gasteiger partial charge >= 0.3 is 0 Å². The Kier molecular flexibility index (Phi) is 7.42. The van der Waals surface area contributed by atoms with Crippen LogP contribution in [0.4, 0.5) is 4.39 Å². The molecular weight excluding hydrogens is 333 g/mol. The van der Waals surface area contributed by atoms with Gasteiger partial charge in [0.15, 0.2) is 0 Å². The Morgan fingerprint density at radius 3 is 2.92 bits per heavy atom. The Morgan fingerprint density at radius 2 is 2.17 bits per heavy atom. The van der Waals surface area contributed by atoms with Crippen molar-refractivity contribution < 1.29 is 13.9 Å². The van der Waals surface area contributed by atoms with E-state index in [-0.39, 0.29) is 36.2 Å². The van der Waals surface area contributed by atoms with Gasteiger partial charge in [0.25, 0.3) is 0 Å². The number of amides is 1. The van der Waals surface area contributed by atoms with Crippen LogP contribution in [0.2, 0.25) is 0 Å². The van der Waals surface area contributed by atoms with Crippen LogP contribution >= 0.6 is 12.4 Å². The fourth-order valence-electron chi connectivity index (χ4n) is 3.28. The molecule has 2 saturated heterocycles. The Balaban J connectivity index is 0.00000208. The van der Waals surface area contributed by atoms with Gasteiger partial charge in [-0.3, -0.25) is 9.69 Å². The maximum Gasteiger partial charge on any atom is 0.234 e. The number of carbonyl (C=O) groups is 1. The monoisotopic (exact) mass is 357 g/mol. The molecule has 0 aliphatic carbocycles. The maximum absolute atomic E-state index is 13.5. The number of hydrogen-bond donors (Lipinski definition) is 2. The molecule has 2 fully saturated rings. The molecule has 1 unspecified atom stereocenters. The molecule has 0 aromatic heterocycles. The van der Waals surface area contributed by atoms with Crippen molar-refractivity contribution in [1.29, 1.82) is 0 Å². The highest BCUT2D eigenvalue weighted by Crippen LogP contribution is 2.22. The maximum atomic E-state index is 13.5. The molecule has 24 heavy (non-hydrogen) atoms. The van der Waals surface area contributed by atoms with Gasteiger partial charge in [0.1, 0.15) is 5.82 Å². The number of nitrogens with zero attached hydrogens (tertiary/aromatic N) is 1. The van der Waals surface area contributed by atoms with E-state index >= 15 is 0 Å². The summed E-state index contributed by atoms with van der Waals surface area (Å²) < 4.78 is 18.8. The summed E-state index contributed by atoms with van der Waals surface area (Å²) in [6, 6.07) is 6.89. The third-order valence-electron chi connectivity index (χ3n) is 4.52. The fourth-order valence-corrected chi connectivity index (χ4v) is 3.28. The Bertz CT molecular complexity index is 540. The van der Waals surface area contributed by atoms with Crippen molar-refractivity contribution in [1.82, 2.24) is 15.5 Å². The summed E-state index contributed by atoms with van der Waals surface area (Å²) in [6.07, 6.45) is 1.75. The molecule has 1 amide bonds. The van der Waals surface area contributed by atoms with Gasteiger partial charge in [-0.05, 0) is 30.5 Å². The summed E-state index contributed by atoms with van der Waals surface area (Å²) in [5, 5.41) is 6.42. The van der Waals surface area contributed by atoms with E-state index in [1.807, 2.05) is 6.07 Å². The zero-order chi connectivity index (χ0) is 16.1. The summed E-state index contributed by atoms with van der Waals surface area (Å²) in [6.45, 7) is 4.13. The molecular formula is C17H25ClFN3O2. The first-order valence-corrected chi connectivity index (χ1v) is 8.30. The number of hydrogen-bond acceptors (Lipinski definition) is 4. The van der Waals surface area contributed by atoms with Crippen molar-refractivity contribution >= 4 is 18.3 Å². The second kappa shape index (κ2) is 9.32. The zero-order valence-corrected chi connectivity index (χ0v) is 14.5. The van der Waals surface area contributed by atoms with Crippen LogP contribution < -0.4 is 10.6 Å². The van der Waals surface area contributed by atoms with Crippen molar-refractivity contribution in [2.45, 2.75) is 24.9 Å². The Hall–Kier alpha value is -1.21. The lowest BCUT2D eigenvalue weighted by atomic mass is 10.0. The molecule has 2 heterocycles. The number of piperazine rings is 1. The van der Waals surface area contributed by atoms with Crippen molar-refractivity contribution in [2.75, 3.05) is 39.4 Å². The highest BCUT2D eigenvalue weighted by Gasteiger charge is 2.26. The first-order chi connectivity index (χ1) is 11.2. The minimum absolute atomic E-state index is 0. The van der Waals surface area contributed by atoms with E-state index in [1.54, 1.807) is 12.1 Å². The molecule has 7 heteroatoms. The lowest BCUT2D eigenvalue weighted by Crippen LogP contribution is -2.51. The summed E-state index contributed by atoms with van der Waals surface area (Å²) >= 11 is 0. The first-order valence-electron chi connectivity index (χ1n) is 8.30. The van der Waals surface area contributed by atoms with E-state index in [4.69, 9.17) is 4.74 Å². The third kappa shape index (κ3) is 5.14. The van der Waals surface area contributed by atoms with E-state index < -0.39 is 0 Å². The van der Waals surface area contributed by atoms with Gasteiger partial charge in [-0.2, -0.15) is 0 Å². The molecule has 1 aromatic rings. The van der Waals surface area contributed by atoms with Crippen molar-refractivity contribution in [3.8, 4) is 0 Å². The van der Waals surface area contributed by atoms with Crippen LogP contribution in [-0.4, -0.2) is 56.2 Å². The van der Waals surface area contributed by atoms with Gasteiger partial charge < -0.3 is 15.4 Å². The van der Waals surface area contributed by atoms with Crippen LogP contribution in [0.3, 0.4) is 0 Å². The molecule has 0 saturated carbocycles. The van der Waals surface area contributed by atoms with Crippen LogP contribution in [0.1, 0.15) is 24.4 Å². The molecule has 3 rings (SSSR count). The molecule has 134 valence electrons. The zero-order valence-electron chi connectivity index (χ0n) is 13.7. The van der Waals surface area contributed by atoms with E-state index in [9.17, 15) is 9.18 Å². The first kappa shape index (κ1) is 19.1. The molecule has 1 aromatic carbocycles. The molecule has 0 radical (unpaired) electrons. The molecule has 0 spiro atoms. The second-order valence-electron chi connectivity index (χ2n) is 6.20. The van der Waals surface area contributed by atoms with E-state index in [0.29, 0.717) is 19.8 Å². The third-order valence-corrected chi connectivity index (χ3v) is 4.52. The summed E-state index contributed by atoms with van der Waals surface area (Å²) in [5.74, 6) is -0.195. The molecule has 1 atom stereocenters. The number of nitrogens with one attached hydrogen (secondary N) is 2. The van der Waals surface area contributed by atoms with E-state index in [0.717, 1.165) is 38.0 Å². The minimum atomic E-state index is -0.236. The smallest absolute Gasteiger partial charge is 0.234 e. The van der Waals surface area contributed by atoms with E-state index in [2.05, 4.69) is 15.5 Å². The van der Waals surface area contributed by atoms with Crippen LogP contribution in [-0.2, 0) is 9.53 Å². The predicted molar refractivity (Wildman–Crippen MR) is 92.8 cm³/mol. The van der Waals surface area contributed by atoms with Crippen LogP contribution in [0, 0.1) is 5.82 Å². The molecule has 2 aliphatic heterocycles. The van der Waals surface area contributed by atoms with Gasteiger partial charge in [0.2, 0.25) is 5.91 Å². The molecule has 0 bridgehead atoms. The standard InChI is InChI=1S/C17H24FN3O2.ClH/c18-14-3-1-2-13(10-14)16-11-19-6-7-21(16)12-17(22)20-15-4-8-23-9-5-15;/h1-3,10,15-16,19H,4-9,11-12H2,(H,20,22);1H.